The second kappa shape index (κ2) is 8.72. The lowest BCUT2D eigenvalue weighted by Crippen LogP contribution is -2.54. The average molecular weight is 392 g/mol. The Kier molecular flexibility index (Phi) is 6.53. The number of amides is 4. The van der Waals surface area contributed by atoms with E-state index in [1.807, 2.05) is 6.92 Å². The van der Waals surface area contributed by atoms with E-state index in [4.69, 9.17) is 5.73 Å². The maximum atomic E-state index is 13.3. The zero-order valence-electron chi connectivity index (χ0n) is 16.9. The molecule has 0 bridgehead atoms. The molecule has 3 rings (SSSR count). The number of carbonyl (C=O) groups is 4. The first-order chi connectivity index (χ1) is 13.4. The number of hydrogen-bond acceptors (Lipinski definition) is 5. The first-order valence-corrected chi connectivity index (χ1v) is 10.9. The summed E-state index contributed by atoms with van der Waals surface area (Å²) in [5.74, 6) is -2.29. The van der Waals surface area contributed by atoms with Crippen LogP contribution in [0.3, 0.4) is 0 Å². The Balaban J connectivity index is 1.81. The largest absolute Gasteiger partial charge is 0.325 e. The first-order valence-electron chi connectivity index (χ1n) is 10.9. The number of nitrogens with one attached hydrogen (secondary N) is 1. The van der Waals surface area contributed by atoms with Gasteiger partial charge in [0.15, 0.2) is 0 Å². The predicted molar refractivity (Wildman–Crippen MR) is 104 cm³/mol. The fourth-order valence-electron chi connectivity index (χ4n) is 5.16. The molecule has 2 aliphatic heterocycles. The van der Waals surface area contributed by atoms with Crippen LogP contribution in [0, 0.1) is 11.8 Å². The lowest BCUT2D eigenvalue weighted by atomic mass is 9.75. The summed E-state index contributed by atoms with van der Waals surface area (Å²) < 4.78 is 0. The molecule has 0 aromatic carbocycles. The van der Waals surface area contributed by atoms with Crippen molar-refractivity contribution in [3.63, 3.8) is 0 Å². The molecule has 0 aromatic rings. The van der Waals surface area contributed by atoms with Crippen LogP contribution in [-0.2, 0) is 19.2 Å². The Bertz CT molecular complexity index is 640. The van der Waals surface area contributed by atoms with E-state index in [-0.39, 0.29) is 30.6 Å². The second-order valence-corrected chi connectivity index (χ2v) is 8.85. The number of carbonyl (C=O) groups excluding carboxylic acids is 4. The molecule has 1 aliphatic carbocycles. The summed E-state index contributed by atoms with van der Waals surface area (Å²) in [6, 6.07) is -0.867. The van der Waals surface area contributed by atoms with Crippen LogP contribution in [0.15, 0.2) is 0 Å². The lowest BCUT2D eigenvalue weighted by molar-refractivity contribution is -0.151. The van der Waals surface area contributed by atoms with Gasteiger partial charge in [-0.3, -0.25) is 29.4 Å². The standard InChI is InChI=1S/C21H33N3O4/c1-2-8-14-15(13-21(22)11-6-4-3-5-7-12-21)20(28)24(19(14)27)16-9-10-17(25)23-18(16)26/h14-16H,2-13,22H2,1H3,(H,23,25,26). The van der Waals surface area contributed by atoms with Gasteiger partial charge in [0.25, 0.3) is 0 Å². The third-order valence-electron chi connectivity index (χ3n) is 6.69. The van der Waals surface area contributed by atoms with Gasteiger partial charge in [0.05, 0.1) is 11.8 Å². The van der Waals surface area contributed by atoms with Crippen molar-refractivity contribution in [2.24, 2.45) is 17.6 Å². The molecule has 0 aromatic heterocycles. The van der Waals surface area contributed by atoms with Crippen molar-refractivity contribution in [2.45, 2.75) is 95.6 Å². The highest BCUT2D eigenvalue weighted by Crippen LogP contribution is 2.40. The Labute approximate surface area is 166 Å². The molecule has 7 heteroatoms. The monoisotopic (exact) mass is 391 g/mol. The molecular formula is C21H33N3O4. The van der Waals surface area contributed by atoms with E-state index in [2.05, 4.69) is 5.32 Å². The van der Waals surface area contributed by atoms with Crippen LogP contribution < -0.4 is 11.1 Å². The molecule has 3 fully saturated rings. The minimum atomic E-state index is -0.867. The van der Waals surface area contributed by atoms with Gasteiger partial charge in [0, 0.05) is 12.0 Å². The van der Waals surface area contributed by atoms with Crippen molar-refractivity contribution in [3.05, 3.63) is 0 Å². The summed E-state index contributed by atoms with van der Waals surface area (Å²) in [7, 11) is 0. The zero-order chi connectivity index (χ0) is 20.3. The van der Waals surface area contributed by atoms with Crippen molar-refractivity contribution < 1.29 is 19.2 Å². The summed E-state index contributed by atoms with van der Waals surface area (Å²) in [5, 5.41) is 2.26. The maximum absolute atomic E-state index is 13.3. The van der Waals surface area contributed by atoms with E-state index < -0.39 is 29.3 Å². The maximum Gasteiger partial charge on any atom is 0.249 e. The van der Waals surface area contributed by atoms with Crippen LogP contribution in [0.25, 0.3) is 0 Å². The molecule has 2 saturated heterocycles. The van der Waals surface area contributed by atoms with E-state index in [1.54, 1.807) is 0 Å². The third-order valence-corrected chi connectivity index (χ3v) is 6.69. The molecule has 3 N–H and O–H groups in total. The second-order valence-electron chi connectivity index (χ2n) is 8.85. The molecule has 0 radical (unpaired) electrons. The SMILES string of the molecule is CCCC1C(=O)N(C2CCC(=O)NC2=O)C(=O)C1CC1(N)CCCCCCC1. The minimum Gasteiger partial charge on any atom is -0.325 e. The predicted octanol–water partition coefficient (Wildman–Crippen LogP) is 2.02. The van der Waals surface area contributed by atoms with Gasteiger partial charge >= 0.3 is 0 Å². The number of hydrogen-bond donors (Lipinski definition) is 2. The summed E-state index contributed by atoms with van der Waals surface area (Å²) >= 11 is 0. The quantitative estimate of drug-likeness (QED) is 0.697. The van der Waals surface area contributed by atoms with Gasteiger partial charge in [-0.1, -0.05) is 45.4 Å². The number of rotatable bonds is 5. The van der Waals surface area contributed by atoms with Crippen molar-refractivity contribution in [2.75, 3.05) is 0 Å². The molecule has 28 heavy (non-hydrogen) atoms. The van der Waals surface area contributed by atoms with Gasteiger partial charge < -0.3 is 5.73 Å². The Hall–Kier alpha value is -1.76. The number of imide groups is 2. The molecule has 3 unspecified atom stereocenters. The fraction of sp³-hybridized carbons (Fsp3) is 0.810. The normalized spacial score (nSPS) is 31.5. The van der Waals surface area contributed by atoms with Gasteiger partial charge in [-0.15, -0.1) is 0 Å². The van der Waals surface area contributed by atoms with E-state index in [0.29, 0.717) is 12.8 Å². The molecular weight excluding hydrogens is 358 g/mol. The Morgan fingerprint density at radius 2 is 1.61 bits per heavy atom. The van der Waals surface area contributed by atoms with Crippen molar-refractivity contribution in [1.82, 2.24) is 10.2 Å². The summed E-state index contributed by atoms with van der Waals surface area (Å²) in [6.45, 7) is 2.00. The van der Waals surface area contributed by atoms with Crippen LogP contribution in [0.4, 0.5) is 0 Å². The van der Waals surface area contributed by atoms with Crippen LogP contribution in [0.1, 0.15) is 84.0 Å². The molecule has 7 nitrogen and oxygen atoms in total. The van der Waals surface area contributed by atoms with Gasteiger partial charge in [-0.2, -0.15) is 0 Å². The third kappa shape index (κ3) is 4.29. The van der Waals surface area contributed by atoms with E-state index in [1.165, 1.54) is 6.42 Å². The molecule has 3 aliphatic rings. The number of nitrogens with two attached hydrogens (primary N) is 1. The van der Waals surface area contributed by atoms with Gasteiger partial charge in [0.2, 0.25) is 23.6 Å². The van der Waals surface area contributed by atoms with Gasteiger partial charge in [-0.25, -0.2) is 0 Å². The zero-order valence-corrected chi connectivity index (χ0v) is 16.9. The first kappa shape index (κ1) is 21.0. The van der Waals surface area contributed by atoms with Crippen molar-refractivity contribution in [1.29, 1.82) is 0 Å². The highest BCUT2D eigenvalue weighted by atomic mass is 16.2. The van der Waals surface area contributed by atoms with Gasteiger partial charge in [-0.05, 0) is 32.1 Å². The lowest BCUT2D eigenvalue weighted by Gasteiger charge is -2.34. The number of piperidine rings is 1. The molecule has 4 amide bonds. The fourth-order valence-corrected chi connectivity index (χ4v) is 5.16. The summed E-state index contributed by atoms with van der Waals surface area (Å²) in [6.07, 6.45) is 9.71. The number of nitrogens with zero attached hydrogens (tertiary/aromatic N) is 1. The Morgan fingerprint density at radius 1 is 1.00 bits per heavy atom. The number of likely N-dealkylation sites (tertiary alicyclic amines) is 1. The smallest absolute Gasteiger partial charge is 0.249 e. The van der Waals surface area contributed by atoms with Crippen LogP contribution >= 0.6 is 0 Å². The molecule has 156 valence electrons. The summed E-state index contributed by atoms with van der Waals surface area (Å²) in [5.41, 5.74) is 6.32. The molecule has 3 atom stereocenters. The van der Waals surface area contributed by atoms with E-state index >= 15 is 0 Å². The highest BCUT2D eigenvalue weighted by Gasteiger charge is 2.53. The minimum absolute atomic E-state index is 0.150. The van der Waals surface area contributed by atoms with E-state index in [9.17, 15) is 19.2 Å². The average Bonchev–Trinajstić information content (AvgIpc) is 2.84. The van der Waals surface area contributed by atoms with Crippen LogP contribution in [0.2, 0.25) is 0 Å². The molecule has 2 heterocycles. The van der Waals surface area contributed by atoms with Crippen LogP contribution in [0.5, 0.6) is 0 Å². The Morgan fingerprint density at radius 3 is 2.21 bits per heavy atom. The van der Waals surface area contributed by atoms with Gasteiger partial charge in [0.1, 0.15) is 6.04 Å². The van der Waals surface area contributed by atoms with Crippen LogP contribution in [-0.4, -0.2) is 40.1 Å². The topological polar surface area (TPSA) is 110 Å². The van der Waals surface area contributed by atoms with Crippen molar-refractivity contribution >= 4 is 23.6 Å². The molecule has 1 saturated carbocycles. The summed E-state index contributed by atoms with van der Waals surface area (Å²) in [4.78, 5) is 51.3. The molecule has 0 spiro atoms. The van der Waals surface area contributed by atoms with Crippen molar-refractivity contribution in [3.8, 4) is 0 Å². The highest BCUT2D eigenvalue weighted by molar-refractivity contribution is 6.10. The van der Waals surface area contributed by atoms with E-state index in [0.717, 1.165) is 49.8 Å².